The van der Waals surface area contributed by atoms with E-state index in [0.717, 1.165) is 49.8 Å². The Morgan fingerprint density at radius 1 is 0.931 bits per heavy atom. The summed E-state index contributed by atoms with van der Waals surface area (Å²) in [4.78, 5) is 4.28. The maximum absolute atomic E-state index is 5.74. The predicted octanol–water partition coefficient (Wildman–Crippen LogP) is 4.09. The molecule has 6 heteroatoms. The number of nitrogens with one attached hydrogen (secondary N) is 2. The molecule has 6 nitrogen and oxygen atoms in total. The van der Waals surface area contributed by atoms with Crippen molar-refractivity contribution >= 4 is 11.6 Å². The number of aliphatic imine (C=N–C) groups is 1. The Labute approximate surface area is 174 Å². The van der Waals surface area contributed by atoms with E-state index in [2.05, 4.69) is 27.8 Å². The van der Waals surface area contributed by atoms with Crippen molar-refractivity contribution in [3.8, 4) is 5.75 Å². The fourth-order valence-electron chi connectivity index (χ4n) is 2.67. The lowest BCUT2D eigenvalue weighted by atomic mass is 10.2. The van der Waals surface area contributed by atoms with Crippen molar-refractivity contribution in [2.24, 2.45) is 4.99 Å². The molecule has 0 heterocycles. The van der Waals surface area contributed by atoms with Gasteiger partial charge in [0.25, 0.3) is 0 Å². The smallest absolute Gasteiger partial charge is 0.195 e. The number of nitrogens with zero attached hydrogens (tertiary/aromatic N) is 1. The minimum absolute atomic E-state index is 0.636. The monoisotopic (exact) mass is 399 g/mol. The molecule has 0 aliphatic heterocycles. The zero-order valence-corrected chi connectivity index (χ0v) is 17.5. The molecule has 0 unspecified atom stereocenters. The molecule has 29 heavy (non-hydrogen) atoms. The zero-order chi connectivity index (χ0) is 20.6. The highest BCUT2D eigenvalue weighted by molar-refractivity contribution is 5.93. The zero-order valence-electron chi connectivity index (χ0n) is 17.5. The van der Waals surface area contributed by atoms with Crippen LogP contribution in [0.5, 0.6) is 5.75 Å². The van der Waals surface area contributed by atoms with Crippen LogP contribution in [-0.4, -0.2) is 46.5 Å². The maximum Gasteiger partial charge on any atom is 0.195 e. The summed E-state index contributed by atoms with van der Waals surface area (Å²) in [6.45, 7) is 3.59. The molecule has 0 atom stereocenters. The van der Waals surface area contributed by atoms with Crippen LogP contribution in [0.4, 0.5) is 5.69 Å². The van der Waals surface area contributed by atoms with E-state index in [0.29, 0.717) is 19.8 Å². The van der Waals surface area contributed by atoms with Crippen LogP contribution in [0.1, 0.15) is 24.8 Å². The molecule has 0 saturated heterocycles. The largest absolute Gasteiger partial charge is 0.493 e. The number of methoxy groups -OCH3 is 1. The average molecular weight is 400 g/mol. The molecule has 0 amide bonds. The number of rotatable bonds is 13. The van der Waals surface area contributed by atoms with E-state index in [9.17, 15) is 0 Å². The van der Waals surface area contributed by atoms with E-state index >= 15 is 0 Å². The second-order valence-corrected chi connectivity index (χ2v) is 6.59. The van der Waals surface area contributed by atoms with Crippen molar-refractivity contribution in [3.05, 3.63) is 60.2 Å². The first-order chi connectivity index (χ1) is 14.3. The molecule has 2 aromatic carbocycles. The lowest BCUT2D eigenvalue weighted by molar-refractivity contribution is 0.117. The molecular formula is C23H33N3O3. The molecule has 0 aliphatic rings. The Hall–Kier alpha value is -2.57. The van der Waals surface area contributed by atoms with Gasteiger partial charge in [0.1, 0.15) is 5.75 Å². The van der Waals surface area contributed by atoms with E-state index in [1.54, 1.807) is 14.2 Å². The van der Waals surface area contributed by atoms with Gasteiger partial charge in [-0.05, 0) is 30.5 Å². The fraction of sp³-hybridized carbons (Fsp3) is 0.435. The fourth-order valence-corrected chi connectivity index (χ4v) is 2.67. The van der Waals surface area contributed by atoms with E-state index < -0.39 is 0 Å². The van der Waals surface area contributed by atoms with Crippen LogP contribution in [0.3, 0.4) is 0 Å². The van der Waals surface area contributed by atoms with Crippen molar-refractivity contribution < 1.29 is 14.2 Å². The first-order valence-electron chi connectivity index (χ1n) is 10.1. The SMILES string of the molecule is CN=C(NCCCCOCc1ccccc1)Nc1cccc(OCCCOC)c1. The molecule has 0 aromatic heterocycles. The van der Waals surface area contributed by atoms with Gasteiger partial charge in [-0.25, -0.2) is 0 Å². The van der Waals surface area contributed by atoms with E-state index in [1.165, 1.54) is 5.56 Å². The van der Waals surface area contributed by atoms with E-state index in [-0.39, 0.29) is 0 Å². The normalized spacial score (nSPS) is 11.3. The number of ether oxygens (including phenoxy) is 3. The number of hydrogen-bond acceptors (Lipinski definition) is 4. The predicted molar refractivity (Wildman–Crippen MR) is 119 cm³/mol. The first kappa shape index (κ1) is 22.7. The van der Waals surface area contributed by atoms with Gasteiger partial charge in [-0.3, -0.25) is 4.99 Å². The minimum Gasteiger partial charge on any atom is -0.493 e. The summed E-state index contributed by atoms with van der Waals surface area (Å²) in [6.07, 6.45) is 2.88. The standard InChI is InChI=1S/C23H33N3O3/c1-24-23(25-14-6-7-16-28-19-20-10-4-3-5-11-20)26-21-12-8-13-22(18-21)29-17-9-15-27-2/h3-5,8,10-13,18H,6-7,9,14-17,19H2,1-2H3,(H2,24,25,26). The molecule has 0 fully saturated rings. The minimum atomic E-state index is 0.636. The van der Waals surface area contributed by atoms with Crippen LogP contribution < -0.4 is 15.4 Å². The molecule has 2 N–H and O–H groups in total. The number of guanidine groups is 1. The summed E-state index contributed by atoms with van der Waals surface area (Å²) >= 11 is 0. The summed E-state index contributed by atoms with van der Waals surface area (Å²) in [6, 6.07) is 18.1. The third-order valence-electron chi connectivity index (χ3n) is 4.20. The quantitative estimate of drug-likeness (QED) is 0.302. The molecule has 0 spiro atoms. The topological polar surface area (TPSA) is 64.1 Å². The average Bonchev–Trinajstić information content (AvgIpc) is 2.76. The summed E-state index contributed by atoms with van der Waals surface area (Å²) in [5.74, 6) is 1.57. The molecule has 0 bridgehead atoms. The number of unbranched alkanes of at least 4 members (excludes halogenated alkanes) is 1. The second-order valence-electron chi connectivity index (χ2n) is 6.59. The van der Waals surface area contributed by atoms with Gasteiger partial charge in [-0.2, -0.15) is 0 Å². The van der Waals surface area contributed by atoms with Crippen LogP contribution in [-0.2, 0) is 16.1 Å². The number of hydrogen-bond donors (Lipinski definition) is 2. The van der Waals surface area contributed by atoms with Gasteiger partial charge < -0.3 is 24.8 Å². The van der Waals surface area contributed by atoms with Crippen LogP contribution in [0.15, 0.2) is 59.6 Å². The summed E-state index contributed by atoms with van der Waals surface area (Å²) in [5.41, 5.74) is 2.15. The van der Waals surface area contributed by atoms with Crippen molar-refractivity contribution in [1.29, 1.82) is 0 Å². The maximum atomic E-state index is 5.74. The number of benzene rings is 2. The third kappa shape index (κ3) is 9.96. The lowest BCUT2D eigenvalue weighted by Crippen LogP contribution is -2.31. The van der Waals surface area contributed by atoms with Crippen LogP contribution in [0.25, 0.3) is 0 Å². The third-order valence-corrected chi connectivity index (χ3v) is 4.20. The summed E-state index contributed by atoms with van der Waals surface area (Å²) < 4.78 is 16.5. The van der Waals surface area contributed by atoms with Crippen LogP contribution >= 0.6 is 0 Å². The van der Waals surface area contributed by atoms with Gasteiger partial charge in [-0.1, -0.05) is 36.4 Å². The Kier molecular flexibility index (Phi) is 11.3. The molecular weight excluding hydrogens is 366 g/mol. The van der Waals surface area contributed by atoms with Gasteiger partial charge in [-0.15, -0.1) is 0 Å². The molecule has 0 aliphatic carbocycles. The molecule has 2 rings (SSSR count). The van der Waals surface area contributed by atoms with E-state index in [4.69, 9.17) is 14.2 Å². The Morgan fingerprint density at radius 3 is 2.59 bits per heavy atom. The summed E-state index contributed by atoms with van der Waals surface area (Å²) in [7, 11) is 3.46. The Morgan fingerprint density at radius 2 is 1.79 bits per heavy atom. The van der Waals surface area contributed by atoms with E-state index in [1.807, 2.05) is 42.5 Å². The Balaban J connectivity index is 1.61. The summed E-state index contributed by atoms with van der Waals surface area (Å²) in [5, 5.41) is 6.63. The van der Waals surface area contributed by atoms with Gasteiger partial charge in [0.15, 0.2) is 5.96 Å². The highest BCUT2D eigenvalue weighted by Crippen LogP contribution is 2.17. The highest BCUT2D eigenvalue weighted by Gasteiger charge is 2.01. The molecule has 0 radical (unpaired) electrons. The van der Waals surface area contributed by atoms with Gasteiger partial charge >= 0.3 is 0 Å². The van der Waals surface area contributed by atoms with Crippen LogP contribution in [0, 0.1) is 0 Å². The highest BCUT2D eigenvalue weighted by atomic mass is 16.5. The van der Waals surface area contributed by atoms with Crippen LogP contribution in [0.2, 0.25) is 0 Å². The van der Waals surface area contributed by atoms with Crippen molar-refractivity contribution in [3.63, 3.8) is 0 Å². The number of anilines is 1. The second kappa shape index (κ2) is 14.4. The molecule has 2 aromatic rings. The van der Waals surface area contributed by atoms with Crippen molar-refractivity contribution in [2.45, 2.75) is 25.9 Å². The first-order valence-corrected chi connectivity index (χ1v) is 10.1. The van der Waals surface area contributed by atoms with Crippen molar-refractivity contribution in [1.82, 2.24) is 5.32 Å². The Bertz CT molecular complexity index is 708. The van der Waals surface area contributed by atoms with Gasteiger partial charge in [0.2, 0.25) is 0 Å². The molecule has 0 saturated carbocycles. The van der Waals surface area contributed by atoms with Gasteiger partial charge in [0.05, 0.1) is 13.2 Å². The van der Waals surface area contributed by atoms with Crippen molar-refractivity contribution in [2.75, 3.05) is 45.8 Å². The molecule has 158 valence electrons. The van der Waals surface area contributed by atoms with Gasteiger partial charge in [0, 0.05) is 52.1 Å². The lowest BCUT2D eigenvalue weighted by Gasteiger charge is -2.13.